The molecule has 12 fully saturated rings. The van der Waals surface area contributed by atoms with Crippen molar-refractivity contribution in [2.75, 3.05) is 60.0 Å². The van der Waals surface area contributed by atoms with Gasteiger partial charge in [-0.05, 0) is 86.5 Å². The Hall–Kier alpha value is -2.72. The third-order valence-corrected chi connectivity index (χ3v) is 25.6. The Labute approximate surface area is 639 Å². The molecule has 43 nitrogen and oxygen atoms in total. The van der Waals surface area contributed by atoms with Gasteiger partial charge in [0.15, 0.2) is 37.7 Å². The molecule has 4 saturated carbocycles. The average molecular weight is 1630 g/mol. The molecule has 2 bridgehead atoms. The number of ketones is 1. The Balaban J connectivity index is 0.736. The molecule has 45 atom stereocenters. The van der Waals surface area contributed by atoms with Crippen molar-refractivity contribution in [1.82, 2.24) is 0 Å². The van der Waals surface area contributed by atoms with Crippen molar-refractivity contribution in [3.8, 4) is 0 Å². The van der Waals surface area contributed by atoms with E-state index in [2.05, 4.69) is 13.5 Å². The van der Waals surface area contributed by atoms with Gasteiger partial charge in [0.1, 0.15) is 189 Å². The normalized spacial score (nSPS) is 53.4. The van der Waals surface area contributed by atoms with E-state index >= 15 is 0 Å². The summed E-state index contributed by atoms with van der Waals surface area (Å²) in [6.45, 7) is 1.02. The number of hydrogen-bond acceptors (Lipinski definition) is 43. The minimum absolute atomic E-state index is 0.151. The molecule has 8 aliphatic heterocycles. The van der Waals surface area contributed by atoms with Crippen molar-refractivity contribution in [2.24, 2.45) is 28.1 Å². The van der Waals surface area contributed by atoms with Gasteiger partial charge in [-0.3, -0.25) is 9.59 Å². The molecule has 0 radical (unpaired) electrons. The Bertz CT molecular complexity index is 3130. The number of carbonyl (C=O) groups excluding carboxylic acids is 2. The second-order valence-corrected chi connectivity index (χ2v) is 32.1. The van der Waals surface area contributed by atoms with Crippen molar-refractivity contribution >= 4 is 11.8 Å². The van der Waals surface area contributed by atoms with E-state index in [-0.39, 0.29) is 24.7 Å². The summed E-state index contributed by atoms with van der Waals surface area (Å²) in [5.74, 6) is -2.44. The smallest absolute Gasteiger partial charge is 0.314 e. The largest absolute Gasteiger partial charge is 0.432 e. The van der Waals surface area contributed by atoms with Gasteiger partial charge in [-0.1, -0.05) is 19.9 Å². The van der Waals surface area contributed by atoms with E-state index in [1.54, 1.807) is 6.92 Å². The Kier molecular flexibility index (Phi) is 28.1. The average Bonchev–Trinajstić information content (AvgIpc) is 1.28. The zero-order chi connectivity index (χ0) is 81.4. The summed E-state index contributed by atoms with van der Waals surface area (Å²) >= 11 is 0. The number of ether oxygens (including phenoxy) is 17. The standard InChI is InChI=1S/C69H110O43/c1-22-12-68-10-6-31-66(2,8-5-9-67(31,3)65(95)111-62-46(90)40(84)35(79)30(105-62)20-97-57-44(88)38(82)33(77)23(13-70)98-57)32(68)7-11-69(22,21-68)112-64-56(110-63-50(94)54(96-4)36(80)25(15-72)100-63)55(37(81)26(16-73)101-64)109-61-49(93)43(87)53(29(19-76)104-61)108-60-48(92)42(86)52(28(18-75)103-60)107-59-47(91)41(85)51(27(17-74)102-59)106-58-45(89)39(83)34(78)24(14-71)99-58/h23-43,45-64,70-87,89-94H,1,5-21H2,2-4H3. The van der Waals surface area contributed by atoms with Crippen LogP contribution in [0, 0.1) is 28.1 Å². The summed E-state index contributed by atoms with van der Waals surface area (Å²) in [7, 11) is 1.15. The highest BCUT2D eigenvalue weighted by Crippen LogP contribution is 2.74. The first-order valence-electron chi connectivity index (χ1n) is 37.7. The van der Waals surface area contributed by atoms with Crippen molar-refractivity contribution in [3.63, 3.8) is 0 Å². The topological polar surface area (TPSA) is 677 Å². The Morgan fingerprint density at radius 2 is 0.812 bits per heavy atom. The van der Waals surface area contributed by atoms with Gasteiger partial charge in [0, 0.05) is 7.11 Å². The second kappa shape index (κ2) is 35.5. The Morgan fingerprint density at radius 3 is 1.31 bits per heavy atom. The van der Waals surface area contributed by atoms with Crippen LogP contribution in [0.2, 0.25) is 0 Å². The van der Waals surface area contributed by atoms with Gasteiger partial charge < -0.3 is 203 Å². The lowest BCUT2D eigenvalue weighted by atomic mass is 9.41. The fourth-order valence-electron chi connectivity index (χ4n) is 19.5. The van der Waals surface area contributed by atoms with E-state index in [9.17, 15) is 132 Å². The highest BCUT2D eigenvalue weighted by molar-refractivity contribution is 5.87. The van der Waals surface area contributed by atoms with Crippen molar-refractivity contribution in [3.05, 3.63) is 12.2 Å². The molecule has 0 aromatic rings. The number of hydrogen-bond donors (Lipinski definition) is 24. The van der Waals surface area contributed by atoms with Gasteiger partial charge in [0.25, 0.3) is 0 Å². The highest BCUT2D eigenvalue weighted by Gasteiger charge is 2.70. The van der Waals surface area contributed by atoms with Gasteiger partial charge >= 0.3 is 5.97 Å². The molecule has 0 aromatic carbocycles. The first-order valence-corrected chi connectivity index (χ1v) is 37.7. The van der Waals surface area contributed by atoms with Gasteiger partial charge in [-0.15, -0.1) is 0 Å². The molecule has 112 heavy (non-hydrogen) atoms. The van der Waals surface area contributed by atoms with Gasteiger partial charge in [-0.25, -0.2) is 0 Å². The van der Waals surface area contributed by atoms with E-state index in [1.165, 1.54) is 0 Å². The van der Waals surface area contributed by atoms with Crippen LogP contribution in [0.15, 0.2) is 12.2 Å². The van der Waals surface area contributed by atoms with Crippen LogP contribution < -0.4 is 0 Å². The van der Waals surface area contributed by atoms with E-state index < -0.39 is 326 Å². The van der Waals surface area contributed by atoms with E-state index in [4.69, 9.17) is 80.5 Å². The number of methoxy groups -OCH3 is 1. The molecule has 12 rings (SSSR count). The molecule has 4 aliphatic carbocycles. The van der Waals surface area contributed by atoms with Gasteiger partial charge in [-0.2, -0.15) is 0 Å². The number of aliphatic hydroxyl groups is 24. The second-order valence-electron chi connectivity index (χ2n) is 32.1. The highest BCUT2D eigenvalue weighted by atomic mass is 16.8. The lowest BCUT2D eigenvalue weighted by molar-refractivity contribution is -0.407. The maximum absolute atomic E-state index is 14.9. The number of esters is 1. The fraction of sp³-hybridized carbons (Fsp3) is 0.942. The molecule has 8 heterocycles. The van der Waals surface area contributed by atoms with Gasteiger partial charge in [0.2, 0.25) is 18.4 Å². The number of aliphatic hydroxyl groups excluding tert-OH is 24. The monoisotopic (exact) mass is 1630 g/mol. The summed E-state index contributed by atoms with van der Waals surface area (Å²) in [4.78, 5) is 27.6. The third-order valence-electron chi connectivity index (χ3n) is 25.6. The molecule has 644 valence electrons. The van der Waals surface area contributed by atoms with Crippen molar-refractivity contribution in [2.45, 2.75) is 317 Å². The molecule has 45 unspecified atom stereocenters. The van der Waals surface area contributed by atoms with Crippen LogP contribution in [0.3, 0.4) is 0 Å². The van der Waals surface area contributed by atoms with Crippen molar-refractivity contribution < 1.29 is 213 Å². The number of fused-ring (bicyclic) bond motifs is 3. The van der Waals surface area contributed by atoms with E-state index in [0.717, 1.165) is 7.11 Å². The molecule has 0 aromatic heterocycles. The minimum Gasteiger partial charge on any atom is -0.432 e. The molecule has 8 saturated heterocycles. The first-order chi connectivity index (χ1) is 53.1. The van der Waals surface area contributed by atoms with Crippen molar-refractivity contribution in [1.29, 1.82) is 0 Å². The molecule has 12 aliphatic rings. The molecule has 24 N–H and O–H groups in total. The van der Waals surface area contributed by atoms with Crippen LogP contribution in [0.4, 0.5) is 0 Å². The number of rotatable bonds is 25. The SMILES string of the molecule is C=C1CC23CCC4C(C)(C(=O)OC5OC(COC6OC(CO)C(O)C(O)C6=O)C(O)C(O)C5O)CCCC4(C)C2CCC1(OC1OC(CO)C(O)C(OC2OC(CO)C(OC4OC(CO)C(OC5OC(CO)C(OC6OC(CO)C(O)C(O)C6O)C(O)C5O)C(O)C4O)C(O)C2O)C1OC1OC(CO)C(O)C(OC)C1O)C3. The maximum atomic E-state index is 14.9. The summed E-state index contributed by atoms with van der Waals surface area (Å²) in [6.07, 6.45) is -70.1. The molecule has 1 spiro atoms. The van der Waals surface area contributed by atoms with Crippen LogP contribution >= 0.6 is 0 Å². The molecule has 43 heteroatoms. The van der Waals surface area contributed by atoms with Crippen LogP contribution in [0.25, 0.3) is 0 Å². The predicted octanol–water partition coefficient (Wildman–Crippen LogP) is -13.0. The van der Waals surface area contributed by atoms with E-state index in [1.807, 2.05) is 0 Å². The van der Waals surface area contributed by atoms with Crippen LogP contribution in [0.1, 0.15) is 71.6 Å². The van der Waals surface area contributed by atoms with Crippen LogP contribution in [0.5, 0.6) is 0 Å². The van der Waals surface area contributed by atoms with Crippen LogP contribution in [-0.2, 0) is 90.1 Å². The third kappa shape index (κ3) is 16.1. The van der Waals surface area contributed by atoms with E-state index in [0.29, 0.717) is 50.5 Å². The maximum Gasteiger partial charge on any atom is 0.314 e. The quantitative estimate of drug-likeness (QED) is 0.0229. The lowest BCUT2D eigenvalue weighted by Gasteiger charge is -2.64. The number of Topliss-reactive ketones (excluding diaryl/α,β-unsaturated/α-hetero) is 1. The Morgan fingerprint density at radius 1 is 0.411 bits per heavy atom. The summed E-state index contributed by atoms with van der Waals surface area (Å²) in [5, 5.41) is 262. The summed E-state index contributed by atoms with van der Waals surface area (Å²) in [5.41, 5.74) is -3.23. The minimum atomic E-state index is -2.30. The zero-order valence-electron chi connectivity index (χ0n) is 61.4. The predicted molar refractivity (Wildman–Crippen MR) is 353 cm³/mol. The summed E-state index contributed by atoms with van der Waals surface area (Å²) in [6, 6.07) is 0. The zero-order valence-corrected chi connectivity index (χ0v) is 61.4. The lowest BCUT2D eigenvalue weighted by Crippen LogP contribution is -2.69. The molecular weight excluding hydrogens is 1520 g/mol. The number of carbonyl (C=O) groups is 2. The van der Waals surface area contributed by atoms with Crippen LogP contribution in [-0.4, -0.2) is 439 Å². The summed E-state index contributed by atoms with van der Waals surface area (Å²) < 4.78 is 101. The molecule has 0 amide bonds. The first kappa shape index (κ1) is 88.6. The van der Waals surface area contributed by atoms with Gasteiger partial charge in [0.05, 0.1) is 63.9 Å². The molecular formula is C69H110O43. The fourth-order valence-corrected chi connectivity index (χ4v) is 19.5.